The van der Waals surface area contributed by atoms with Gasteiger partial charge in [-0.1, -0.05) is 0 Å². The standard InChI is InChI=1S/C9H15ClO/c10-4-8-6-1-2-7(3-6)9(8)5-11/h6-9,11H,1-5H2. The summed E-state index contributed by atoms with van der Waals surface area (Å²) < 4.78 is 0. The first-order chi connectivity index (χ1) is 5.36. The fourth-order valence-electron chi connectivity index (χ4n) is 3.05. The van der Waals surface area contributed by atoms with E-state index in [0.717, 1.165) is 17.7 Å². The Bertz CT molecular complexity index is 132. The van der Waals surface area contributed by atoms with Gasteiger partial charge in [-0.05, 0) is 42.9 Å². The van der Waals surface area contributed by atoms with E-state index in [4.69, 9.17) is 16.7 Å². The fourth-order valence-corrected chi connectivity index (χ4v) is 3.54. The Labute approximate surface area is 72.7 Å². The third-order valence-electron chi connectivity index (χ3n) is 3.66. The Kier molecular flexibility index (Phi) is 2.11. The molecule has 0 aromatic carbocycles. The second-order valence-electron chi connectivity index (χ2n) is 4.00. The van der Waals surface area contributed by atoms with Crippen molar-refractivity contribution in [2.75, 3.05) is 12.5 Å². The molecular formula is C9H15ClO. The average Bonchev–Trinajstić information content (AvgIpc) is 2.60. The maximum Gasteiger partial charge on any atom is 0.0465 e. The molecule has 4 atom stereocenters. The van der Waals surface area contributed by atoms with Gasteiger partial charge in [0.2, 0.25) is 0 Å². The monoisotopic (exact) mass is 174 g/mol. The molecule has 0 aliphatic heterocycles. The lowest BCUT2D eigenvalue weighted by Crippen LogP contribution is -2.26. The molecule has 0 aromatic heterocycles. The van der Waals surface area contributed by atoms with E-state index in [1.54, 1.807) is 0 Å². The SMILES string of the molecule is OCC1C2CCC(C2)C1CCl. The van der Waals surface area contributed by atoms with Crippen molar-refractivity contribution in [2.45, 2.75) is 19.3 Å². The topological polar surface area (TPSA) is 20.2 Å². The van der Waals surface area contributed by atoms with E-state index in [9.17, 15) is 0 Å². The molecular weight excluding hydrogens is 160 g/mol. The summed E-state index contributed by atoms with van der Waals surface area (Å²) in [6.07, 6.45) is 4.03. The molecule has 2 fully saturated rings. The van der Waals surface area contributed by atoms with Gasteiger partial charge in [-0.25, -0.2) is 0 Å². The number of fused-ring (bicyclic) bond motifs is 2. The zero-order valence-corrected chi connectivity index (χ0v) is 7.43. The summed E-state index contributed by atoms with van der Waals surface area (Å²) in [6.45, 7) is 0.360. The molecule has 4 unspecified atom stereocenters. The smallest absolute Gasteiger partial charge is 0.0465 e. The average molecular weight is 175 g/mol. The van der Waals surface area contributed by atoms with Gasteiger partial charge >= 0.3 is 0 Å². The van der Waals surface area contributed by atoms with Gasteiger partial charge in [0.25, 0.3) is 0 Å². The molecule has 11 heavy (non-hydrogen) atoms. The van der Waals surface area contributed by atoms with Gasteiger partial charge in [0.1, 0.15) is 0 Å². The van der Waals surface area contributed by atoms with Crippen LogP contribution in [-0.2, 0) is 0 Å². The molecule has 0 spiro atoms. The van der Waals surface area contributed by atoms with Crippen LogP contribution in [0.1, 0.15) is 19.3 Å². The van der Waals surface area contributed by atoms with Gasteiger partial charge in [-0.3, -0.25) is 0 Å². The van der Waals surface area contributed by atoms with Crippen LogP contribution >= 0.6 is 11.6 Å². The zero-order chi connectivity index (χ0) is 7.84. The predicted molar refractivity (Wildman–Crippen MR) is 45.6 cm³/mol. The van der Waals surface area contributed by atoms with E-state index in [2.05, 4.69) is 0 Å². The van der Waals surface area contributed by atoms with E-state index in [-0.39, 0.29) is 0 Å². The van der Waals surface area contributed by atoms with Crippen LogP contribution in [0.3, 0.4) is 0 Å². The second kappa shape index (κ2) is 2.95. The first-order valence-electron chi connectivity index (χ1n) is 4.53. The number of rotatable bonds is 2. The van der Waals surface area contributed by atoms with Crippen molar-refractivity contribution >= 4 is 11.6 Å². The number of aliphatic hydroxyl groups is 1. The number of hydrogen-bond donors (Lipinski definition) is 1. The van der Waals surface area contributed by atoms with Crippen molar-refractivity contribution in [3.8, 4) is 0 Å². The summed E-state index contributed by atoms with van der Waals surface area (Å²) in [5, 5.41) is 9.13. The summed E-state index contributed by atoms with van der Waals surface area (Å²) in [7, 11) is 0. The quantitative estimate of drug-likeness (QED) is 0.634. The Hall–Kier alpha value is 0.250. The molecule has 1 nitrogen and oxygen atoms in total. The molecule has 0 amide bonds. The maximum atomic E-state index is 9.13. The lowest BCUT2D eigenvalue weighted by atomic mass is 9.81. The van der Waals surface area contributed by atoms with Gasteiger partial charge in [0.05, 0.1) is 0 Å². The Morgan fingerprint density at radius 1 is 1.18 bits per heavy atom. The van der Waals surface area contributed by atoms with Crippen LogP contribution in [0.5, 0.6) is 0 Å². The lowest BCUT2D eigenvalue weighted by Gasteiger charge is -2.27. The van der Waals surface area contributed by atoms with E-state index in [0.29, 0.717) is 18.4 Å². The van der Waals surface area contributed by atoms with Crippen LogP contribution in [0, 0.1) is 23.7 Å². The van der Waals surface area contributed by atoms with Crippen molar-refractivity contribution in [1.82, 2.24) is 0 Å². The normalized spacial score (nSPS) is 48.5. The molecule has 0 saturated heterocycles. The lowest BCUT2D eigenvalue weighted by molar-refractivity contribution is 0.136. The highest BCUT2D eigenvalue weighted by atomic mass is 35.5. The second-order valence-corrected chi connectivity index (χ2v) is 4.31. The van der Waals surface area contributed by atoms with Crippen LogP contribution in [0.25, 0.3) is 0 Å². The minimum atomic E-state index is 0.360. The first kappa shape index (κ1) is 7.88. The molecule has 2 saturated carbocycles. The minimum Gasteiger partial charge on any atom is -0.396 e. The Balaban J connectivity index is 2.08. The van der Waals surface area contributed by atoms with Crippen molar-refractivity contribution in [3.63, 3.8) is 0 Å². The van der Waals surface area contributed by atoms with Gasteiger partial charge in [0, 0.05) is 12.5 Å². The first-order valence-corrected chi connectivity index (χ1v) is 5.07. The fraction of sp³-hybridized carbons (Fsp3) is 1.00. The summed E-state index contributed by atoms with van der Waals surface area (Å²) in [5.41, 5.74) is 0. The van der Waals surface area contributed by atoms with E-state index in [1.807, 2.05) is 0 Å². The van der Waals surface area contributed by atoms with E-state index < -0.39 is 0 Å². The van der Waals surface area contributed by atoms with Crippen LogP contribution in [-0.4, -0.2) is 17.6 Å². The third kappa shape index (κ3) is 1.09. The molecule has 2 heteroatoms. The number of alkyl halides is 1. The molecule has 2 rings (SSSR count). The van der Waals surface area contributed by atoms with Gasteiger partial charge < -0.3 is 5.11 Å². The van der Waals surface area contributed by atoms with Gasteiger partial charge in [-0.15, -0.1) is 11.6 Å². The van der Waals surface area contributed by atoms with Gasteiger partial charge in [-0.2, -0.15) is 0 Å². The third-order valence-corrected chi connectivity index (χ3v) is 4.02. The number of aliphatic hydroxyl groups excluding tert-OH is 1. The minimum absolute atomic E-state index is 0.360. The predicted octanol–water partition coefficient (Wildman–Crippen LogP) is 1.88. The number of halogens is 1. The van der Waals surface area contributed by atoms with Crippen molar-refractivity contribution < 1.29 is 5.11 Å². The van der Waals surface area contributed by atoms with Crippen LogP contribution < -0.4 is 0 Å². The molecule has 2 aliphatic carbocycles. The molecule has 1 N–H and O–H groups in total. The summed E-state index contributed by atoms with van der Waals surface area (Å²) in [6, 6.07) is 0. The molecule has 0 heterocycles. The summed E-state index contributed by atoms with van der Waals surface area (Å²) in [5.74, 6) is 3.56. The maximum absolute atomic E-state index is 9.13. The molecule has 2 bridgehead atoms. The summed E-state index contributed by atoms with van der Waals surface area (Å²) in [4.78, 5) is 0. The van der Waals surface area contributed by atoms with Gasteiger partial charge in [0.15, 0.2) is 0 Å². The Morgan fingerprint density at radius 3 is 2.27 bits per heavy atom. The largest absolute Gasteiger partial charge is 0.396 e. The summed E-state index contributed by atoms with van der Waals surface area (Å²) >= 11 is 5.86. The van der Waals surface area contributed by atoms with Crippen molar-refractivity contribution in [3.05, 3.63) is 0 Å². The Morgan fingerprint density at radius 2 is 1.82 bits per heavy atom. The van der Waals surface area contributed by atoms with Crippen LogP contribution in [0.4, 0.5) is 0 Å². The highest BCUT2D eigenvalue weighted by molar-refractivity contribution is 6.18. The number of hydrogen-bond acceptors (Lipinski definition) is 1. The zero-order valence-electron chi connectivity index (χ0n) is 6.67. The van der Waals surface area contributed by atoms with Crippen LogP contribution in [0.2, 0.25) is 0 Å². The highest BCUT2D eigenvalue weighted by Crippen LogP contribution is 2.52. The van der Waals surface area contributed by atoms with Crippen molar-refractivity contribution in [2.24, 2.45) is 23.7 Å². The highest BCUT2D eigenvalue weighted by Gasteiger charge is 2.46. The van der Waals surface area contributed by atoms with E-state index in [1.165, 1.54) is 19.3 Å². The van der Waals surface area contributed by atoms with Crippen molar-refractivity contribution in [1.29, 1.82) is 0 Å². The molecule has 2 aliphatic rings. The van der Waals surface area contributed by atoms with Crippen LogP contribution in [0.15, 0.2) is 0 Å². The molecule has 0 radical (unpaired) electrons. The molecule has 0 aromatic rings. The van der Waals surface area contributed by atoms with E-state index >= 15 is 0 Å². The molecule has 64 valence electrons.